The lowest BCUT2D eigenvalue weighted by Crippen LogP contribution is -1.93. The summed E-state index contributed by atoms with van der Waals surface area (Å²) in [6, 6.07) is 9.78. The molecule has 0 aliphatic heterocycles. The SMILES string of the molecule is OOCc1nccc2ccccc12. The molecule has 1 heterocycles. The Morgan fingerprint density at radius 2 is 2.08 bits per heavy atom. The van der Waals surface area contributed by atoms with Crippen molar-refractivity contribution in [3.05, 3.63) is 42.2 Å². The molecule has 1 aromatic carbocycles. The van der Waals surface area contributed by atoms with Crippen LogP contribution in [0.2, 0.25) is 0 Å². The highest BCUT2D eigenvalue weighted by molar-refractivity contribution is 5.84. The van der Waals surface area contributed by atoms with E-state index in [0.717, 1.165) is 16.5 Å². The zero-order chi connectivity index (χ0) is 9.10. The predicted molar refractivity (Wildman–Crippen MR) is 49.2 cm³/mol. The van der Waals surface area contributed by atoms with E-state index in [-0.39, 0.29) is 6.61 Å². The molecule has 0 bridgehead atoms. The fourth-order valence-electron chi connectivity index (χ4n) is 1.36. The van der Waals surface area contributed by atoms with E-state index in [2.05, 4.69) is 9.87 Å². The largest absolute Gasteiger partial charge is 0.258 e. The Labute approximate surface area is 75.5 Å². The minimum Gasteiger partial charge on any atom is -0.258 e. The molecule has 0 amide bonds. The summed E-state index contributed by atoms with van der Waals surface area (Å²) >= 11 is 0. The Hall–Kier alpha value is -1.45. The van der Waals surface area contributed by atoms with Crippen LogP contribution in [0.3, 0.4) is 0 Å². The van der Waals surface area contributed by atoms with Crippen LogP contribution in [0, 0.1) is 0 Å². The van der Waals surface area contributed by atoms with E-state index in [1.807, 2.05) is 30.3 Å². The van der Waals surface area contributed by atoms with Crippen LogP contribution in [-0.2, 0) is 11.5 Å². The molecule has 0 aliphatic carbocycles. The average molecular weight is 175 g/mol. The molecule has 0 aliphatic rings. The molecule has 0 spiro atoms. The maximum Gasteiger partial charge on any atom is 0.125 e. The lowest BCUT2D eigenvalue weighted by atomic mass is 10.1. The van der Waals surface area contributed by atoms with Gasteiger partial charge in [0, 0.05) is 11.6 Å². The van der Waals surface area contributed by atoms with Crippen LogP contribution in [0.4, 0.5) is 0 Å². The number of pyridine rings is 1. The minimum atomic E-state index is 0.126. The Bertz CT molecular complexity index is 409. The average Bonchev–Trinajstić information content (AvgIpc) is 2.19. The number of hydrogen-bond donors (Lipinski definition) is 1. The molecule has 0 saturated carbocycles. The molecule has 2 aromatic rings. The number of nitrogens with zero attached hydrogens (tertiary/aromatic N) is 1. The zero-order valence-corrected chi connectivity index (χ0v) is 6.97. The van der Waals surface area contributed by atoms with Crippen molar-refractivity contribution in [1.29, 1.82) is 0 Å². The Balaban J connectivity index is 2.61. The molecule has 66 valence electrons. The van der Waals surface area contributed by atoms with Crippen LogP contribution < -0.4 is 0 Å². The van der Waals surface area contributed by atoms with E-state index in [0.29, 0.717) is 0 Å². The Kier molecular flexibility index (Phi) is 2.21. The van der Waals surface area contributed by atoms with Crippen molar-refractivity contribution in [3.63, 3.8) is 0 Å². The molecular formula is C10H9NO2. The molecule has 0 radical (unpaired) electrons. The summed E-state index contributed by atoms with van der Waals surface area (Å²) < 4.78 is 0. The second-order valence-electron chi connectivity index (χ2n) is 2.75. The maximum absolute atomic E-state index is 8.34. The quantitative estimate of drug-likeness (QED) is 0.562. The van der Waals surface area contributed by atoms with Crippen molar-refractivity contribution < 1.29 is 10.1 Å². The van der Waals surface area contributed by atoms with Crippen LogP contribution in [-0.4, -0.2) is 10.2 Å². The molecule has 3 heteroatoms. The lowest BCUT2D eigenvalue weighted by molar-refractivity contribution is -0.253. The maximum atomic E-state index is 8.34. The van der Waals surface area contributed by atoms with Crippen molar-refractivity contribution >= 4 is 10.8 Å². The summed E-state index contributed by atoms with van der Waals surface area (Å²) in [5, 5.41) is 10.5. The molecule has 13 heavy (non-hydrogen) atoms. The summed E-state index contributed by atoms with van der Waals surface area (Å²) in [5.41, 5.74) is 0.751. The highest BCUT2D eigenvalue weighted by atomic mass is 17.1. The molecule has 0 fully saturated rings. The molecule has 0 atom stereocenters. The van der Waals surface area contributed by atoms with Crippen molar-refractivity contribution in [2.45, 2.75) is 6.61 Å². The molecule has 2 rings (SSSR count). The molecule has 1 N–H and O–H groups in total. The van der Waals surface area contributed by atoms with E-state index in [1.54, 1.807) is 6.20 Å². The standard InChI is InChI=1S/C10H9NO2/c12-13-7-10-9-4-2-1-3-8(9)5-6-11-10/h1-6,12H,7H2. The highest BCUT2D eigenvalue weighted by Gasteiger charge is 2.00. The van der Waals surface area contributed by atoms with Gasteiger partial charge >= 0.3 is 0 Å². The van der Waals surface area contributed by atoms with Gasteiger partial charge in [0.15, 0.2) is 0 Å². The number of aromatic nitrogens is 1. The van der Waals surface area contributed by atoms with Gasteiger partial charge in [-0.05, 0) is 11.5 Å². The second kappa shape index (κ2) is 3.51. The van der Waals surface area contributed by atoms with Gasteiger partial charge in [0.2, 0.25) is 0 Å². The molecule has 0 saturated heterocycles. The fourth-order valence-corrected chi connectivity index (χ4v) is 1.36. The van der Waals surface area contributed by atoms with Crippen molar-refractivity contribution in [3.8, 4) is 0 Å². The summed E-state index contributed by atoms with van der Waals surface area (Å²) in [7, 11) is 0. The number of hydrogen-bond acceptors (Lipinski definition) is 3. The van der Waals surface area contributed by atoms with Crippen LogP contribution in [0.25, 0.3) is 10.8 Å². The van der Waals surface area contributed by atoms with Gasteiger partial charge < -0.3 is 0 Å². The summed E-state index contributed by atoms with van der Waals surface area (Å²) in [6.45, 7) is 0.126. The van der Waals surface area contributed by atoms with Gasteiger partial charge in [-0.2, -0.15) is 0 Å². The molecule has 3 nitrogen and oxygen atoms in total. The van der Waals surface area contributed by atoms with Gasteiger partial charge in [-0.15, -0.1) is 0 Å². The van der Waals surface area contributed by atoms with Gasteiger partial charge in [0.1, 0.15) is 6.61 Å². The second-order valence-corrected chi connectivity index (χ2v) is 2.75. The number of benzene rings is 1. The first kappa shape index (κ1) is 8.16. The molecule has 0 unspecified atom stereocenters. The topological polar surface area (TPSA) is 42.4 Å². The molecule has 1 aromatic heterocycles. The number of fused-ring (bicyclic) bond motifs is 1. The minimum absolute atomic E-state index is 0.126. The van der Waals surface area contributed by atoms with Crippen molar-refractivity contribution in [2.24, 2.45) is 0 Å². The van der Waals surface area contributed by atoms with E-state index in [1.165, 1.54) is 0 Å². The van der Waals surface area contributed by atoms with E-state index >= 15 is 0 Å². The Morgan fingerprint density at radius 1 is 1.23 bits per heavy atom. The first-order valence-corrected chi connectivity index (χ1v) is 4.01. The summed E-state index contributed by atoms with van der Waals surface area (Å²) in [4.78, 5) is 8.19. The monoisotopic (exact) mass is 175 g/mol. The van der Waals surface area contributed by atoms with Gasteiger partial charge in [0.05, 0.1) is 5.69 Å². The van der Waals surface area contributed by atoms with Gasteiger partial charge in [-0.25, -0.2) is 4.89 Å². The van der Waals surface area contributed by atoms with Crippen molar-refractivity contribution in [2.75, 3.05) is 0 Å². The fraction of sp³-hybridized carbons (Fsp3) is 0.100. The van der Waals surface area contributed by atoms with Crippen LogP contribution >= 0.6 is 0 Å². The third kappa shape index (κ3) is 1.52. The molecular weight excluding hydrogens is 166 g/mol. The smallest absolute Gasteiger partial charge is 0.125 e. The number of rotatable bonds is 2. The zero-order valence-electron chi connectivity index (χ0n) is 6.97. The van der Waals surface area contributed by atoms with Crippen LogP contribution in [0.1, 0.15) is 5.69 Å². The van der Waals surface area contributed by atoms with Gasteiger partial charge in [-0.1, -0.05) is 24.3 Å². The predicted octanol–water partition coefficient (Wildman–Crippen LogP) is 2.22. The lowest BCUT2D eigenvalue weighted by Gasteiger charge is -2.02. The highest BCUT2D eigenvalue weighted by Crippen LogP contribution is 2.16. The van der Waals surface area contributed by atoms with Crippen molar-refractivity contribution in [1.82, 2.24) is 4.98 Å². The summed E-state index contributed by atoms with van der Waals surface area (Å²) in [5.74, 6) is 0. The third-order valence-electron chi connectivity index (χ3n) is 1.96. The van der Waals surface area contributed by atoms with E-state index < -0.39 is 0 Å². The first-order valence-electron chi connectivity index (χ1n) is 4.01. The van der Waals surface area contributed by atoms with E-state index in [4.69, 9.17) is 5.26 Å². The van der Waals surface area contributed by atoms with Gasteiger partial charge in [-0.3, -0.25) is 10.2 Å². The van der Waals surface area contributed by atoms with Crippen LogP contribution in [0.5, 0.6) is 0 Å². The van der Waals surface area contributed by atoms with Gasteiger partial charge in [0.25, 0.3) is 0 Å². The normalized spacial score (nSPS) is 10.5. The third-order valence-corrected chi connectivity index (χ3v) is 1.96. The van der Waals surface area contributed by atoms with Crippen LogP contribution in [0.15, 0.2) is 36.5 Å². The first-order chi connectivity index (χ1) is 6.42. The Morgan fingerprint density at radius 3 is 2.92 bits per heavy atom. The summed E-state index contributed by atoms with van der Waals surface area (Å²) in [6.07, 6.45) is 1.71. The van der Waals surface area contributed by atoms with E-state index in [9.17, 15) is 0 Å².